The number of ether oxygens (including phenoxy) is 1. The molecule has 1 aromatic heterocycles. The van der Waals surface area contributed by atoms with E-state index in [1.54, 1.807) is 0 Å². The van der Waals surface area contributed by atoms with Crippen molar-refractivity contribution in [2.45, 2.75) is 31.9 Å². The smallest absolute Gasteiger partial charge is 0.307 e. The molecule has 3 heterocycles. The second-order valence-corrected chi connectivity index (χ2v) is 6.42. The molecule has 3 unspecified atom stereocenters. The van der Waals surface area contributed by atoms with E-state index in [0.717, 1.165) is 34.6 Å². The number of fused-ring (bicyclic) bond motifs is 3. The van der Waals surface area contributed by atoms with E-state index in [1.165, 1.54) is 0 Å². The fraction of sp³-hybridized carbons (Fsp3) is 0.389. The summed E-state index contributed by atoms with van der Waals surface area (Å²) in [5.41, 5.74) is 3.91. The van der Waals surface area contributed by atoms with Gasteiger partial charge in [-0.15, -0.1) is 0 Å². The van der Waals surface area contributed by atoms with E-state index >= 15 is 0 Å². The molecular weight excluding hydrogens is 306 g/mol. The number of carbonyl (C=O) groups is 1. The third-order valence-electron chi connectivity index (χ3n) is 4.81. The predicted molar refractivity (Wildman–Crippen MR) is 87.7 cm³/mol. The monoisotopic (exact) mass is 325 g/mol. The molecule has 0 saturated carbocycles. The lowest BCUT2D eigenvalue weighted by molar-refractivity contribution is -0.136. The zero-order valence-electron chi connectivity index (χ0n) is 13.4. The number of nitrogens with zero attached hydrogens (tertiary/aromatic N) is 2. The molecule has 4 rings (SSSR count). The first-order valence-electron chi connectivity index (χ1n) is 8.13. The number of anilines is 1. The molecule has 0 bridgehead atoms. The van der Waals surface area contributed by atoms with Gasteiger partial charge in [0.2, 0.25) is 0 Å². The van der Waals surface area contributed by atoms with E-state index in [1.807, 2.05) is 37.5 Å². The Morgan fingerprint density at radius 1 is 1.38 bits per heavy atom. The van der Waals surface area contributed by atoms with E-state index in [4.69, 9.17) is 9.84 Å². The van der Waals surface area contributed by atoms with Gasteiger partial charge >= 0.3 is 5.97 Å². The number of benzene rings is 1. The summed E-state index contributed by atoms with van der Waals surface area (Å²) in [6.45, 7) is 2.58. The molecular formula is C18H19N3O3. The molecule has 0 radical (unpaired) electrons. The highest BCUT2D eigenvalue weighted by Gasteiger charge is 2.41. The van der Waals surface area contributed by atoms with E-state index in [9.17, 15) is 4.79 Å². The second-order valence-electron chi connectivity index (χ2n) is 6.42. The molecule has 0 amide bonds. The molecule has 6 heteroatoms. The molecule has 2 N–H and O–H groups in total. The fourth-order valence-electron chi connectivity index (χ4n) is 3.70. The lowest BCUT2D eigenvalue weighted by atomic mass is 9.81. The summed E-state index contributed by atoms with van der Waals surface area (Å²) >= 11 is 0. The first kappa shape index (κ1) is 15.1. The standard InChI is InChI=1S/C18H19N3O3/c1-10-19-8-12(9-20-10)17-13-4-5-24-18(13)14-6-11(7-16(22)23)2-3-15(14)21-17/h2-3,6,8-9,13,17-18,21H,4-5,7H2,1H3,(H,22,23). The van der Waals surface area contributed by atoms with Crippen LogP contribution in [0.15, 0.2) is 30.6 Å². The second kappa shape index (κ2) is 5.87. The fourth-order valence-corrected chi connectivity index (χ4v) is 3.70. The van der Waals surface area contributed by atoms with Gasteiger partial charge in [0.25, 0.3) is 0 Å². The van der Waals surface area contributed by atoms with E-state index in [2.05, 4.69) is 15.3 Å². The van der Waals surface area contributed by atoms with Crippen molar-refractivity contribution in [3.63, 3.8) is 0 Å². The van der Waals surface area contributed by atoms with Crippen molar-refractivity contribution in [2.24, 2.45) is 5.92 Å². The van der Waals surface area contributed by atoms with Gasteiger partial charge in [-0.2, -0.15) is 0 Å². The Balaban J connectivity index is 1.71. The summed E-state index contributed by atoms with van der Waals surface area (Å²) in [7, 11) is 0. The highest BCUT2D eigenvalue weighted by atomic mass is 16.5. The average molecular weight is 325 g/mol. The Bertz CT molecular complexity index is 776. The van der Waals surface area contributed by atoms with Crippen molar-refractivity contribution < 1.29 is 14.6 Å². The van der Waals surface area contributed by atoms with Gasteiger partial charge in [-0.3, -0.25) is 4.79 Å². The summed E-state index contributed by atoms with van der Waals surface area (Å²) in [5.74, 6) is 0.230. The number of carboxylic acid groups (broad SMARTS) is 1. The zero-order valence-corrected chi connectivity index (χ0v) is 13.4. The molecule has 2 aliphatic rings. The van der Waals surface area contributed by atoms with Gasteiger partial charge in [0.15, 0.2) is 0 Å². The van der Waals surface area contributed by atoms with Crippen LogP contribution >= 0.6 is 0 Å². The largest absolute Gasteiger partial charge is 0.481 e. The first-order chi connectivity index (χ1) is 11.6. The van der Waals surface area contributed by atoms with Gasteiger partial charge in [-0.1, -0.05) is 12.1 Å². The average Bonchev–Trinajstić information content (AvgIpc) is 3.04. The number of nitrogens with one attached hydrogen (secondary N) is 1. The number of carboxylic acids is 1. The van der Waals surface area contributed by atoms with Crippen LogP contribution < -0.4 is 5.32 Å². The third-order valence-corrected chi connectivity index (χ3v) is 4.81. The minimum atomic E-state index is -0.822. The Morgan fingerprint density at radius 2 is 2.17 bits per heavy atom. The van der Waals surface area contributed by atoms with Crippen LogP contribution in [0.3, 0.4) is 0 Å². The van der Waals surface area contributed by atoms with Crippen molar-refractivity contribution in [3.8, 4) is 0 Å². The van der Waals surface area contributed by atoms with Crippen LogP contribution in [0.1, 0.15) is 41.1 Å². The molecule has 2 aromatic rings. The summed E-state index contributed by atoms with van der Waals surface area (Å²) < 4.78 is 5.99. The Hall–Kier alpha value is -2.47. The van der Waals surface area contributed by atoms with E-state index < -0.39 is 5.97 Å². The minimum absolute atomic E-state index is 0.0127. The SMILES string of the molecule is Cc1ncc(C2Nc3ccc(CC(=O)O)cc3C3OCCC23)cn1. The number of aliphatic carboxylic acids is 1. The maximum absolute atomic E-state index is 11.0. The first-order valence-corrected chi connectivity index (χ1v) is 8.13. The minimum Gasteiger partial charge on any atom is -0.481 e. The number of hydrogen-bond donors (Lipinski definition) is 2. The van der Waals surface area contributed by atoms with Crippen molar-refractivity contribution in [2.75, 3.05) is 11.9 Å². The number of aryl methyl sites for hydroxylation is 1. The summed E-state index contributed by atoms with van der Waals surface area (Å²) in [4.78, 5) is 19.6. The molecule has 1 aromatic carbocycles. The van der Waals surface area contributed by atoms with Crippen molar-refractivity contribution >= 4 is 11.7 Å². The Labute approximate surface area is 139 Å². The Morgan fingerprint density at radius 3 is 2.92 bits per heavy atom. The number of hydrogen-bond acceptors (Lipinski definition) is 5. The van der Waals surface area contributed by atoms with Crippen LogP contribution in [0, 0.1) is 12.8 Å². The molecule has 1 fully saturated rings. The van der Waals surface area contributed by atoms with Crippen LogP contribution in [0.4, 0.5) is 5.69 Å². The molecule has 2 aliphatic heterocycles. The normalized spacial score (nSPS) is 24.8. The van der Waals surface area contributed by atoms with E-state index in [0.29, 0.717) is 12.5 Å². The van der Waals surface area contributed by atoms with E-state index in [-0.39, 0.29) is 18.6 Å². The lowest BCUT2D eigenvalue weighted by Crippen LogP contribution is -2.29. The van der Waals surface area contributed by atoms with Crippen LogP contribution in [0.25, 0.3) is 0 Å². The van der Waals surface area contributed by atoms with Gasteiger partial charge in [0.1, 0.15) is 5.82 Å². The third kappa shape index (κ3) is 2.63. The van der Waals surface area contributed by atoms with Gasteiger partial charge in [-0.05, 0) is 25.0 Å². The molecule has 3 atom stereocenters. The number of rotatable bonds is 3. The highest BCUT2D eigenvalue weighted by molar-refractivity contribution is 5.71. The molecule has 6 nitrogen and oxygen atoms in total. The Kier molecular flexibility index (Phi) is 3.69. The molecule has 124 valence electrons. The maximum atomic E-state index is 11.0. The van der Waals surface area contributed by atoms with Crippen molar-refractivity contribution in [1.29, 1.82) is 0 Å². The topological polar surface area (TPSA) is 84.3 Å². The van der Waals surface area contributed by atoms with Gasteiger partial charge in [-0.25, -0.2) is 9.97 Å². The van der Waals surface area contributed by atoms with Gasteiger partial charge in [0.05, 0.1) is 18.6 Å². The quantitative estimate of drug-likeness (QED) is 0.902. The number of aromatic nitrogens is 2. The molecule has 1 saturated heterocycles. The van der Waals surface area contributed by atoms with Crippen molar-refractivity contribution in [3.05, 3.63) is 53.1 Å². The van der Waals surface area contributed by atoms with Crippen LogP contribution in [0.5, 0.6) is 0 Å². The summed E-state index contributed by atoms with van der Waals surface area (Å²) in [5, 5.41) is 12.6. The molecule has 24 heavy (non-hydrogen) atoms. The maximum Gasteiger partial charge on any atom is 0.307 e. The van der Waals surface area contributed by atoms with Crippen LogP contribution in [-0.4, -0.2) is 27.7 Å². The molecule has 0 aliphatic carbocycles. The lowest BCUT2D eigenvalue weighted by Gasteiger charge is -2.36. The predicted octanol–water partition coefficient (Wildman–Crippen LogP) is 2.66. The summed E-state index contributed by atoms with van der Waals surface area (Å²) in [6, 6.07) is 5.88. The molecule has 0 spiro atoms. The summed E-state index contributed by atoms with van der Waals surface area (Å²) in [6.07, 6.45) is 4.72. The van der Waals surface area contributed by atoms with Crippen LogP contribution in [0.2, 0.25) is 0 Å². The van der Waals surface area contributed by atoms with Crippen molar-refractivity contribution in [1.82, 2.24) is 9.97 Å². The van der Waals surface area contributed by atoms with Gasteiger partial charge in [0, 0.05) is 41.7 Å². The van der Waals surface area contributed by atoms with Crippen LogP contribution in [-0.2, 0) is 16.0 Å². The highest BCUT2D eigenvalue weighted by Crippen LogP contribution is 2.49. The van der Waals surface area contributed by atoms with Gasteiger partial charge < -0.3 is 15.2 Å². The zero-order chi connectivity index (χ0) is 16.7.